The van der Waals surface area contributed by atoms with Crippen molar-refractivity contribution in [2.75, 3.05) is 4.72 Å². The van der Waals surface area contributed by atoms with Crippen LogP contribution in [-0.4, -0.2) is 8.42 Å². The van der Waals surface area contributed by atoms with Crippen LogP contribution >= 0.6 is 50.5 Å². The third kappa shape index (κ3) is 3.25. The Morgan fingerprint density at radius 3 is 2.47 bits per heavy atom. The number of halogens is 3. The maximum atomic E-state index is 12.2. The quantitative estimate of drug-likeness (QED) is 0.793. The number of rotatable bonds is 3. The maximum Gasteiger partial charge on any atom is 0.271 e. The van der Waals surface area contributed by atoms with Crippen molar-refractivity contribution in [1.29, 1.82) is 0 Å². The van der Waals surface area contributed by atoms with Gasteiger partial charge in [0.05, 0.1) is 19.5 Å². The predicted octanol–water partition coefficient (Wildman–Crippen LogP) is 4.93. The van der Waals surface area contributed by atoms with Gasteiger partial charge in [0.1, 0.15) is 4.21 Å². The van der Waals surface area contributed by atoms with E-state index in [0.29, 0.717) is 5.02 Å². The summed E-state index contributed by atoms with van der Waals surface area (Å²) in [5, 5.41) is 0.557. The number of benzene rings is 1. The molecule has 2 rings (SSSR count). The molecule has 2 aromatic rings. The summed E-state index contributed by atoms with van der Waals surface area (Å²) in [6.07, 6.45) is 0. The van der Waals surface area contributed by atoms with Crippen LogP contribution in [0, 0.1) is 6.92 Å². The minimum atomic E-state index is -3.68. The van der Waals surface area contributed by atoms with E-state index >= 15 is 0 Å². The first-order valence-corrected chi connectivity index (χ1v) is 8.89. The van der Waals surface area contributed by atoms with Crippen LogP contribution in [0.2, 0.25) is 10.0 Å². The molecule has 1 N–H and O–H groups in total. The lowest BCUT2D eigenvalue weighted by Crippen LogP contribution is -2.12. The monoisotopic (exact) mass is 399 g/mol. The predicted molar refractivity (Wildman–Crippen MR) is 84.0 cm³/mol. The molecule has 0 aliphatic carbocycles. The normalized spacial score (nSPS) is 11.6. The molecule has 0 spiro atoms. The molecule has 0 atom stereocenters. The summed E-state index contributed by atoms with van der Waals surface area (Å²) in [5.74, 6) is 0. The smallest absolute Gasteiger partial charge is 0.271 e. The van der Waals surface area contributed by atoms with Gasteiger partial charge >= 0.3 is 0 Å². The van der Waals surface area contributed by atoms with E-state index in [1.54, 1.807) is 25.1 Å². The summed E-state index contributed by atoms with van der Waals surface area (Å²) in [4.78, 5) is 0. The van der Waals surface area contributed by atoms with Crippen molar-refractivity contribution in [1.82, 2.24) is 0 Å². The van der Waals surface area contributed by atoms with Gasteiger partial charge in [-0.3, -0.25) is 4.72 Å². The van der Waals surface area contributed by atoms with Gasteiger partial charge in [0, 0.05) is 0 Å². The lowest BCUT2D eigenvalue weighted by atomic mass is 10.2. The zero-order chi connectivity index (χ0) is 14.2. The van der Waals surface area contributed by atoms with E-state index in [9.17, 15) is 8.42 Å². The van der Waals surface area contributed by atoms with Crippen LogP contribution in [0.25, 0.3) is 0 Å². The number of hydrogen-bond acceptors (Lipinski definition) is 3. The first-order chi connectivity index (χ1) is 8.81. The summed E-state index contributed by atoms with van der Waals surface area (Å²) in [6, 6.07) is 6.50. The highest BCUT2D eigenvalue weighted by Gasteiger charge is 2.20. The molecule has 0 amide bonds. The van der Waals surface area contributed by atoms with Crippen LogP contribution in [0.15, 0.2) is 32.3 Å². The van der Waals surface area contributed by atoms with Crippen molar-refractivity contribution >= 4 is 66.2 Å². The second-order valence-electron chi connectivity index (χ2n) is 3.72. The zero-order valence-corrected chi connectivity index (χ0v) is 14.3. The van der Waals surface area contributed by atoms with Crippen LogP contribution in [-0.2, 0) is 10.0 Å². The number of sulfonamides is 1. The van der Waals surface area contributed by atoms with Gasteiger partial charge in [-0.25, -0.2) is 8.42 Å². The SMILES string of the molecule is Cc1ccc(Cl)c(NS(=O)(=O)c2ccc(Br)s2)c1Cl. The number of anilines is 1. The van der Waals surface area contributed by atoms with Crippen molar-refractivity contribution < 1.29 is 8.42 Å². The fourth-order valence-corrected chi connectivity index (χ4v) is 5.06. The Labute approximate surface area is 133 Å². The van der Waals surface area contributed by atoms with Crippen molar-refractivity contribution in [3.63, 3.8) is 0 Å². The summed E-state index contributed by atoms with van der Waals surface area (Å²) >= 11 is 16.4. The third-order valence-electron chi connectivity index (χ3n) is 2.33. The van der Waals surface area contributed by atoms with Crippen molar-refractivity contribution in [3.8, 4) is 0 Å². The second kappa shape index (κ2) is 5.61. The van der Waals surface area contributed by atoms with E-state index in [2.05, 4.69) is 20.7 Å². The Morgan fingerprint density at radius 2 is 1.89 bits per heavy atom. The van der Waals surface area contributed by atoms with E-state index in [4.69, 9.17) is 23.2 Å². The number of nitrogens with one attached hydrogen (secondary N) is 1. The van der Waals surface area contributed by atoms with Crippen LogP contribution < -0.4 is 4.72 Å². The van der Waals surface area contributed by atoms with Crippen LogP contribution in [0.5, 0.6) is 0 Å². The molecule has 1 aromatic heterocycles. The van der Waals surface area contributed by atoms with E-state index < -0.39 is 10.0 Å². The number of hydrogen-bond donors (Lipinski definition) is 1. The molecule has 1 aromatic carbocycles. The highest BCUT2D eigenvalue weighted by Crippen LogP contribution is 2.35. The minimum absolute atomic E-state index is 0.188. The molecule has 0 bridgehead atoms. The largest absolute Gasteiger partial charge is 0.276 e. The molecule has 0 radical (unpaired) electrons. The third-order valence-corrected chi connectivity index (χ3v) is 6.60. The molecule has 0 saturated carbocycles. The Balaban J connectivity index is 2.44. The van der Waals surface area contributed by atoms with Crippen LogP contribution in [0.1, 0.15) is 5.56 Å². The highest BCUT2D eigenvalue weighted by molar-refractivity contribution is 9.11. The van der Waals surface area contributed by atoms with Crippen molar-refractivity contribution in [3.05, 3.63) is 43.7 Å². The minimum Gasteiger partial charge on any atom is -0.276 e. The molecule has 102 valence electrons. The van der Waals surface area contributed by atoms with Gasteiger partial charge in [-0.2, -0.15) is 0 Å². The average Bonchev–Trinajstić information content (AvgIpc) is 2.77. The standard InChI is InChI=1S/C11H8BrCl2NO2S2/c1-6-2-3-7(13)11(10(6)14)15-19(16,17)9-5-4-8(12)18-9/h2-5,15H,1H3. The van der Waals surface area contributed by atoms with E-state index in [1.807, 2.05) is 0 Å². The average molecular weight is 401 g/mol. The lowest BCUT2D eigenvalue weighted by molar-refractivity contribution is 0.603. The zero-order valence-electron chi connectivity index (χ0n) is 9.58. The molecule has 19 heavy (non-hydrogen) atoms. The van der Waals surface area contributed by atoms with Gasteiger partial charge in [-0.05, 0) is 46.6 Å². The van der Waals surface area contributed by atoms with Crippen molar-refractivity contribution in [2.45, 2.75) is 11.1 Å². The van der Waals surface area contributed by atoms with Gasteiger partial charge in [0.15, 0.2) is 0 Å². The first-order valence-electron chi connectivity index (χ1n) is 5.04. The summed E-state index contributed by atoms with van der Waals surface area (Å²) < 4.78 is 27.7. The second-order valence-corrected chi connectivity index (χ2v) is 8.87. The van der Waals surface area contributed by atoms with Gasteiger partial charge in [-0.1, -0.05) is 29.3 Å². The summed E-state index contributed by atoms with van der Waals surface area (Å²) in [6.45, 7) is 1.78. The Hall–Kier alpha value is -0.270. The summed E-state index contributed by atoms with van der Waals surface area (Å²) in [7, 11) is -3.68. The molecule has 0 fully saturated rings. The van der Waals surface area contributed by atoms with Crippen LogP contribution in [0.4, 0.5) is 5.69 Å². The van der Waals surface area contributed by atoms with Gasteiger partial charge in [-0.15, -0.1) is 11.3 Å². The number of thiophene rings is 1. The molecular weight excluding hydrogens is 393 g/mol. The Bertz CT molecular complexity index is 728. The lowest BCUT2D eigenvalue weighted by Gasteiger charge is -2.11. The molecular formula is C11H8BrCl2NO2S2. The molecule has 0 saturated heterocycles. The van der Waals surface area contributed by atoms with E-state index in [-0.39, 0.29) is 14.9 Å². The molecule has 8 heteroatoms. The molecule has 0 aliphatic heterocycles. The van der Waals surface area contributed by atoms with E-state index in [1.165, 1.54) is 6.07 Å². The van der Waals surface area contributed by atoms with Crippen LogP contribution in [0.3, 0.4) is 0 Å². The van der Waals surface area contributed by atoms with Gasteiger partial charge < -0.3 is 0 Å². The highest BCUT2D eigenvalue weighted by atomic mass is 79.9. The van der Waals surface area contributed by atoms with Gasteiger partial charge in [0.25, 0.3) is 10.0 Å². The molecule has 1 heterocycles. The Morgan fingerprint density at radius 1 is 1.21 bits per heavy atom. The van der Waals surface area contributed by atoms with Crippen molar-refractivity contribution in [2.24, 2.45) is 0 Å². The topological polar surface area (TPSA) is 46.2 Å². The van der Waals surface area contributed by atoms with E-state index in [0.717, 1.165) is 20.7 Å². The molecule has 0 unspecified atom stereocenters. The van der Waals surface area contributed by atoms with Gasteiger partial charge in [0.2, 0.25) is 0 Å². The fourth-order valence-electron chi connectivity index (χ4n) is 1.38. The Kier molecular flexibility index (Phi) is 4.47. The number of aryl methyl sites for hydroxylation is 1. The summed E-state index contributed by atoms with van der Waals surface area (Å²) in [5.41, 5.74) is 0.948. The fraction of sp³-hybridized carbons (Fsp3) is 0.0909. The maximum absolute atomic E-state index is 12.2. The first kappa shape index (κ1) is 15.1. The molecule has 3 nitrogen and oxygen atoms in total. The molecule has 0 aliphatic rings.